The Hall–Kier alpha value is -11.6. The number of para-hydroxylation sites is 7. The molecule has 0 aliphatic heterocycles. The predicted molar refractivity (Wildman–Crippen MR) is 343 cm³/mol. The van der Waals surface area contributed by atoms with Crippen LogP contribution < -0.4 is 0 Å². The fraction of sp³-hybridized carbons (Fsp3) is 0. The second kappa shape index (κ2) is 16.9. The first-order chi connectivity index (χ1) is 41.2. The highest BCUT2D eigenvalue weighted by atomic mass is 16.3. The van der Waals surface area contributed by atoms with Gasteiger partial charge in [-0.05, 0) is 87.3 Å². The zero-order valence-electron chi connectivity index (χ0n) is 44.3. The average Bonchev–Trinajstić information content (AvgIpc) is 2.07. The van der Waals surface area contributed by atoms with E-state index in [1.54, 1.807) is 0 Å². The van der Waals surface area contributed by atoms with Crippen molar-refractivity contribution in [2.75, 3.05) is 0 Å². The Bertz CT molecular complexity index is 5670. The van der Waals surface area contributed by atoms with Crippen LogP contribution in [0.2, 0.25) is 0 Å². The Morgan fingerprint density at radius 3 is 1.36 bits per heavy atom. The van der Waals surface area contributed by atoms with Crippen molar-refractivity contribution in [2.24, 2.45) is 0 Å². The molecule has 0 unspecified atom stereocenters. The standard InChI is InChI=1S/C76H42N6O/c1-78-70-71(79-61-30-11-4-22-50(61)51-23-5-12-31-62(51)79)60(44-77)72(80-63-32-13-6-24-52(63)53-25-7-14-33-64(53)80)75(74(70)81-65-34-15-8-26-54(65)55-27-9-16-35-66(55)81)82-67-43-47(49-29-18-20-46-38-37-45-19-2-3-21-48(45)69(46)49)39-40-56(67)58-41-42-59-57-28-10-17-36-68(57)83-76(59)73(58)82/h2-43H. The third-order valence-corrected chi connectivity index (χ3v) is 17.6. The molecule has 0 fully saturated rings. The number of hydrogen-bond acceptors (Lipinski definition) is 2. The van der Waals surface area contributed by atoms with E-state index in [9.17, 15) is 11.8 Å². The summed E-state index contributed by atoms with van der Waals surface area (Å²) in [7, 11) is 0. The molecular weight excluding hydrogens is 1010 g/mol. The number of hydrogen-bond donors (Lipinski definition) is 0. The highest BCUT2D eigenvalue weighted by molar-refractivity contribution is 6.24. The molecule has 0 saturated carbocycles. The van der Waals surface area contributed by atoms with Gasteiger partial charge >= 0.3 is 0 Å². The van der Waals surface area contributed by atoms with Gasteiger partial charge in [-0.3, -0.25) is 0 Å². The lowest BCUT2D eigenvalue weighted by atomic mass is 9.93. The Morgan fingerprint density at radius 2 is 0.795 bits per heavy atom. The minimum atomic E-state index is 0.322. The van der Waals surface area contributed by atoms with Gasteiger partial charge in [0, 0.05) is 53.9 Å². The Labute approximate surface area is 473 Å². The number of fused-ring (bicyclic) bond motifs is 19. The van der Waals surface area contributed by atoms with Crippen LogP contribution in [0.25, 0.3) is 169 Å². The van der Waals surface area contributed by atoms with Crippen LogP contribution >= 0.6 is 0 Å². The first-order valence-electron chi connectivity index (χ1n) is 27.9. The number of aromatic nitrogens is 4. The van der Waals surface area contributed by atoms with Gasteiger partial charge < -0.3 is 22.7 Å². The molecule has 5 aromatic heterocycles. The minimum Gasteiger partial charge on any atom is -0.454 e. The average molecular weight is 1060 g/mol. The third-order valence-electron chi connectivity index (χ3n) is 17.6. The summed E-state index contributed by atoms with van der Waals surface area (Å²) in [5, 5.41) is 27.5. The molecule has 7 heteroatoms. The quantitative estimate of drug-likeness (QED) is 0.127. The molecule has 5 heterocycles. The Morgan fingerprint density at radius 1 is 0.349 bits per heavy atom. The first kappa shape index (κ1) is 45.2. The normalized spacial score (nSPS) is 12.1. The van der Waals surface area contributed by atoms with E-state index in [0.717, 1.165) is 120 Å². The molecule has 0 spiro atoms. The van der Waals surface area contributed by atoms with E-state index in [1.165, 1.54) is 16.2 Å². The van der Waals surface area contributed by atoms with Crippen LogP contribution in [0.1, 0.15) is 5.56 Å². The van der Waals surface area contributed by atoms with E-state index in [4.69, 9.17) is 9.26 Å². The van der Waals surface area contributed by atoms with Gasteiger partial charge in [0.25, 0.3) is 0 Å². The molecule has 0 amide bonds. The molecule has 18 rings (SSSR count). The second-order valence-electron chi connectivity index (χ2n) is 21.6. The molecule has 0 saturated heterocycles. The van der Waals surface area contributed by atoms with E-state index < -0.39 is 0 Å². The SMILES string of the molecule is [C-]#[N+]c1c(-n2c3ccccc3c3ccccc32)c(C#N)c(-n2c3ccccc3c3ccccc32)c(-n2c3cc(-c4cccc5ccc6ccccc6c45)ccc3c3ccc4c5ccccc5oc4c32)c1-n1c2ccccc2c2ccccc21. The van der Waals surface area contributed by atoms with Crippen molar-refractivity contribution in [1.82, 2.24) is 18.3 Å². The van der Waals surface area contributed by atoms with Crippen LogP contribution in [-0.4, -0.2) is 18.3 Å². The Balaban J connectivity index is 1.15. The highest BCUT2D eigenvalue weighted by Gasteiger charge is 2.35. The molecule has 0 aliphatic rings. The molecule has 0 aliphatic carbocycles. The minimum absolute atomic E-state index is 0.322. The van der Waals surface area contributed by atoms with Crippen LogP contribution in [0.4, 0.5) is 5.69 Å². The number of furan rings is 1. The van der Waals surface area contributed by atoms with Crippen LogP contribution in [0, 0.1) is 17.9 Å². The molecule has 13 aromatic carbocycles. The van der Waals surface area contributed by atoms with Crippen molar-refractivity contribution in [1.29, 1.82) is 5.26 Å². The molecule has 0 radical (unpaired) electrons. The fourth-order valence-electron chi connectivity index (χ4n) is 14.2. The highest BCUT2D eigenvalue weighted by Crippen LogP contribution is 2.53. The van der Waals surface area contributed by atoms with Crippen molar-refractivity contribution < 1.29 is 4.42 Å². The maximum Gasteiger partial charge on any atom is 0.237 e. The molecule has 7 nitrogen and oxygen atoms in total. The number of nitrogens with zero attached hydrogens (tertiary/aromatic N) is 6. The largest absolute Gasteiger partial charge is 0.454 e. The van der Waals surface area contributed by atoms with Gasteiger partial charge in [-0.1, -0.05) is 200 Å². The van der Waals surface area contributed by atoms with Crippen molar-refractivity contribution in [3.8, 4) is 39.9 Å². The monoisotopic (exact) mass is 1050 g/mol. The zero-order valence-corrected chi connectivity index (χ0v) is 44.3. The topological polar surface area (TPSA) is 61.0 Å². The summed E-state index contributed by atoms with van der Waals surface area (Å²) in [5.41, 5.74) is 13.8. The third kappa shape index (κ3) is 6.04. The second-order valence-corrected chi connectivity index (χ2v) is 21.6. The van der Waals surface area contributed by atoms with Crippen molar-refractivity contribution in [3.05, 3.63) is 272 Å². The molecule has 0 bridgehead atoms. The van der Waals surface area contributed by atoms with Gasteiger partial charge in [-0.15, -0.1) is 0 Å². The summed E-state index contributed by atoms with van der Waals surface area (Å²) < 4.78 is 16.4. The summed E-state index contributed by atoms with van der Waals surface area (Å²) >= 11 is 0. The summed E-state index contributed by atoms with van der Waals surface area (Å²) in [6, 6.07) is 92.8. The van der Waals surface area contributed by atoms with Crippen LogP contribution in [0.3, 0.4) is 0 Å². The first-order valence-corrected chi connectivity index (χ1v) is 27.9. The predicted octanol–water partition coefficient (Wildman–Crippen LogP) is 20.4. The van der Waals surface area contributed by atoms with E-state index in [1.807, 2.05) is 24.3 Å². The molecule has 83 heavy (non-hydrogen) atoms. The van der Waals surface area contributed by atoms with Crippen LogP contribution in [0.15, 0.2) is 259 Å². The van der Waals surface area contributed by atoms with Crippen LogP contribution in [-0.2, 0) is 0 Å². The van der Waals surface area contributed by atoms with Gasteiger partial charge in [0.2, 0.25) is 5.69 Å². The molecule has 18 aromatic rings. The summed E-state index contributed by atoms with van der Waals surface area (Å²) in [4.78, 5) is 4.83. The van der Waals surface area contributed by atoms with Crippen molar-refractivity contribution in [3.63, 3.8) is 0 Å². The Kier molecular flexibility index (Phi) is 9.23. The van der Waals surface area contributed by atoms with Gasteiger partial charge in [0.1, 0.15) is 11.7 Å². The van der Waals surface area contributed by atoms with Crippen molar-refractivity contribution in [2.45, 2.75) is 0 Å². The van der Waals surface area contributed by atoms with Crippen LogP contribution in [0.5, 0.6) is 0 Å². The van der Waals surface area contributed by atoms with Crippen molar-refractivity contribution >= 4 is 136 Å². The van der Waals surface area contributed by atoms with E-state index in [-0.39, 0.29) is 0 Å². The van der Waals surface area contributed by atoms with E-state index in [0.29, 0.717) is 39.6 Å². The van der Waals surface area contributed by atoms with E-state index >= 15 is 0 Å². The maximum atomic E-state index is 12.8. The van der Waals surface area contributed by atoms with Gasteiger partial charge in [-0.25, -0.2) is 4.85 Å². The van der Waals surface area contributed by atoms with Gasteiger partial charge in [-0.2, -0.15) is 5.26 Å². The summed E-state index contributed by atoms with van der Waals surface area (Å²) in [6.07, 6.45) is 0. The number of rotatable bonds is 5. The van der Waals surface area contributed by atoms with Gasteiger partial charge in [0.05, 0.1) is 79.0 Å². The zero-order chi connectivity index (χ0) is 54.6. The lowest BCUT2D eigenvalue weighted by molar-refractivity contribution is 0.671. The number of nitriles is 1. The lowest BCUT2D eigenvalue weighted by Gasteiger charge is -2.27. The van der Waals surface area contributed by atoms with Gasteiger partial charge in [0.15, 0.2) is 5.58 Å². The molecule has 0 N–H and O–H groups in total. The summed E-state index contributed by atoms with van der Waals surface area (Å²) in [5.74, 6) is 0. The molecule has 0 atom stereocenters. The molecular formula is C76H42N6O. The van der Waals surface area contributed by atoms with E-state index in [2.05, 4.69) is 255 Å². The number of benzene rings is 13. The maximum absolute atomic E-state index is 12.8. The fourth-order valence-corrected chi connectivity index (χ4v) is 14.2. The lowest BCUT2D eigenvalue weighted by Crippen LogP contribution is -2.14. The smallest absolute Gasteiger partial charge is 0.237 e. The molecule has 382 valence electrons. The summed E-state index contributed by atoms with van der Waals surface area (Å²) in [6.45, 7) is 9.94.